The molecule has 0 radical (unpaired) electrons. The number of rotatable bonds is 3. The largest absolute Gasteiger partial charge is 0.0883 e. The van der Waals surface area contributed by atoms with Crippen LogP contribution >= 0.6 is 31.9 Å². The van der Waals surface area contributed by atoms with E-state index >= 15 is 0 Å². The molecule has 0 N–H and O–H groups in total. The zero-order valence-electron chi connectivity index (χ0n) is 8.79. The number of hydrogen-bond donors (Lipinski definition) is 0. The van der Waals surface area contributed by atoms with E-state index in [2.05, 4.69) is 80.4 Å². The first-order valence-corrected chi connectivity index (χ1v) is 7.39. The molecular weight excluding hydrogens is 328 g/mol. The molecule has 2 rings (SSSR count). The van der Waals surface area contributed by atoms with Gasteiger partial charge in [-0.2, -0.15) is 0 Å². The van der Waals surface area contributed by atoms with Crippen LogP contribution in [0.4, 0.5) is 0 Å². The molecule has 0 aliphatic carbocycles. The molecule has 0 aliphatic rings. The molecule has 0 atom stereocenters. The Labute approximate surface area is 113 Å². The van der Waals surface area contributed by atoms with Gasteiger partial charge in [-0.3, -0.25) is 0 Å². The zero-order chi connectivity index (χ0) is 11.4. The molecule has 82 valence electrons. The summed E-state index contributed by atoms with van der Waals surface area (Å²) < 4.78 is 0. The highest BCUT2D eigenvalue weighted by molar-refractivity contribution is 9.09. The van der Waals surface area contributed by atoms with Gasteiger partial charge in [0.2, 0.25) is 0 Å². The number of allylic oxidation sites excluding steroid dienone is 2. The van der Waals surface area contributed by atoms with Crippen LogP contribution in [-0.2, 0) is 0 Å². The molecule has 0 bridgehead atoms. The van der Waals surface area contributed by atoms with E-state index in [-0.39, 0.29) is 0 Å². The molecule has 0 spiro atoms. The van der Waals surface area contributed by atoms with Crippen LogP contribution < -0.4 is 0 Å². The third-order valence-electron chi connectivity index (χ3n) is 2.59. The quantitative estimate of drug-likeness (QED) is 0.689. The smallest absolute Gasteiger partial charge is 0.0286 e. The topological polar surface area (TPSA) is 0 Å². The minimum Gasteiger partial charge on any atom is -0.0883 e. The predicted molar refractivity (Wildman–Crippen MR) is 79.5 cm³/mol. The lowest BCUT2D eigenvalue weighted by molar-refractivity contribution is 1.60. The highest BCUT2D eigenvalue weighted by Gasteiger charge is 2.00. The Morgan fingerprint density at radius 3 is 2.44 bits per heavy atom. The van der Waals surface area contributed by atoms with Gasteiger partial charge in [0.1, 0.15) is 0 Å². The van der Waals surface area contributed by atoms with Crippen LogP contribution in [0, 0.1) is 0 Å². The Hall–Kier alpha value is -0.600. The maximum Gasteiger partial charge on any atom is 0.0286 e. The summed E-state index contributed by atoms with van der Waals surface area (Å²) in [4.78, 5) is 0. The molecule has 2 aromatic rings. The Morgan fingerprint density at radius 2 is 1.75 bits per heavy atom. The van der Waals surface area contributed by atoms with E-state index in [4.69, 9.17) is 0 Å². The van der Waals surface area contributed by atoms with Crippen LogP contribution in [0.5, 0.6) is 0 Å². The van der Waals surface area contributed by atoms with Crippen molar-refractivity contribution in [3.8, 4) is 0 Å². The lowest BCUT2D eigenvalue weighted by Gasteiger charge is -2.05. The van der Waals surface area contributed by atoms with Gasteiger partial charge in [0, 0.05) is 10.7 Å². The Morgan fingerprint density at radius 1 is 1.00 bits per heavy atom. The zero-order valence-corrected chi connectivity index (χ0v) is 12.0. The average Bonchev–Trinajstić information content (AvgIpc) is 2.35. The monoisotopic (exact) mass is 338 g/mol. The molecular formula is C14H12Br2. The van der Waals surface area contributed by atoms with Gasteiger partial charge in [0.25, 0.3) is 0 Å². The van der Waals surface area contributed by atoms with Gasteiger partial charge in [-0.25, -0.2) is 0 Å². The van der Waals surface area contributed by atoms with Crippen LogP contribution in [0.3, 0.4) is 0 Å². The summed E-state index contributed by atoms with van der Waals surface area (Å²) >= 11 is 6.97. The second-order valence-electron chi connectivity index (χ2n) is 3.58. The maximum atomic E-state index is 3.53. The van der Waals surface area contributed by atoms with Crippen molar-refractivity contribution in [1.29, 1.82) is 0 Å². The summed E-state index contributed by atoms with van der Waals surface area (Å²) in [6, 6.07) is 15.0. The van der Waals surface area contributed by atoms with E-state index in [0.717, 1.165) is 10.7 Å². The lowest BCUT2D eigenvalue weighted by atomic mass is 10.0. The van der Waals surface area contributed by atoms with Gasteiger partial charge in [-0.1, -0.05) is 74.3 Å². The average molecular weight is 340 g/mol. The number of benzene rings is 2. The van der Waals surface area contributed by atoms with Crippen molar-refractivity contribution in [2.24, 2.45) is 0 Å². The summed E-state index contributed by atoms with van der Waals surface area (Å²) in [6.45, 7) is 0. The van der Waals surface area contributed by atoms with Crippen molar-refractivity contribution < 1.29 is 0 Å². The van der Waals surface area contributed by atoms with Crippen LogP contribution in [0.1, 0.15) is 5.56 Å². The summed E-state index contributed by atoms with van der Waals surface area (Å²) in [5, 5.41) is 4.36. The van der Waals surface area contributed by atoms with Crippen molar-refractivity contribution in [3.63, 3.8) is 0 Å². The van der Waals surface area contributed by atoms with Gasteiger partial charge in [0.15, 0.2) is 0 Å². The van der Waals surface area contributed by atoms with Crippen molar-refractivity contribution in [3.05, 3.63) is 54.1 Å². The molecule has 2 aromatic carbocycles. The molecule has 0 aromatic heterocycles. The maximum absolute atomic E-state index is 3.53. The first-order valence-electron chi connectivity index (χ1n) is 5.15. The highest BCUT2D eigenvalue weighted by Crippen LogP contribution is 2.22. The number of alkyl halides is 2. The SMILES string of the molecule is BrC/C=C(\CBr)c1ccc2ccccc2c1. The van der Waals surface area contributed by atoms with Gasteiger partial charge in [0.05, 0.1) is 0 Å². The van der Waals surface area contributed by atoms with Crippen molar-refractivity contribution in [2.75, 3.05) is 10.7 Å². The Kier molecular flexibility index (Phi) is 4.19. The molecule has 0 fully saturated rings. The van der Waals surface area contributed by atoms with Gasteiger partial charge in [-0.05, 0) is 28.0 Å². The van der Waals surface area contributed by atoms with Crippen molar-refractivity contribution >= 4 is 48.2 Å². The van der Waals surface area contributed by atoms with E-state index in [1.807, 2.05) is 0 Å². The minimum absolute atomic E-state index is 0.886. The molecule has 0 unspecified atom stereocenters. The van der Waals surface area contributed by atoms with Gasteiger partial charge >= 0.3 is 0 Å². The fourth-order valence-electron chi connectivity index (χ4n) is 1.73. The number of fused-ring (bicyclic) bond motifs is 1. The third kappa shape index (κ3) is 2.55. The van der Waals surface area contributed by atoms with Crippen LogP contribution in [-0.4, -0.2) is 10.7 Å². The molecule has 0 aliphatic heterocycles. The second kappa shape index (κ2) is 5.65. The summed E-state index contributed by atoms with van der Waals surface area (Å²) in [7, 11) is 0. The van der Waals surface area contributed by atoms with Crippen molar-refractivity contribution in [1.82, 2.24) is 0 Å². The number of hydrogen-bond acceptors (Lipinski definition) is 0. The molecule has 0 heterocycles. The first-order chi connectivity index (χ1) is 7.85. The second-order valence-corrected chi connectivity index (χ2v) is 4.79. The standard InChI is InChI=1S/C14H12Br2/c15-8-7-14(10-16)13-6-5-11-3-1-2-4-12(11)9-13/h1-7,9H,8,10H2/b14-7+. The number of halogens is 2. The fraction of sp³-hybridized carbons (Fsp3) is 0.143. The fourth-order valence-corrected chi connectivity index (χ4v) is 2.68. The normalized spacial score (nSPS) is 12.0. The third-order valence-corrected chi connectivity index (χ3v) is 3.52. The molecule has 0 saturated carbocycles. The minimum atomic E-state index is 0.886. The molecule has 0 saturated heterocycles. The summed E-state index contributed by atoms with van der Waals surface area (Å²) in [5.74, 6) is 0. The highest BCUT2D eigenvalue weighted by atomic mass is 79.9. The molecule has 0 nitrogen and oxygen atoms in total. The Balaban J connectivity index is 2.50. The lowest BCUT2D eigenvalue weighted by Crippen LogP contribution is -1.86. The van der Waals surface area contributed by atoms with Crippen LogP contribution in [0.15, 0.2) is 48.5 Å². The molecule has 2 heteroatoms. The predicted octanol–water partition coefficient (Wildman–Crippen LogP) is 5.01. The van der Waals surface area contributed by atoms with E-state index in [1.54, 1.807) is 0 Å². The van der Waals surface area contributed by atoms with Crippen LogP contribution in [0.25, 0.3) is 16.3 Å². The molecule has 16 heavy (non-hydrogen) atoms. The molecule has 0 amide bonds. The van der Waals surface area contributed by atoms with Crippen molar-refractivity contribution in [2.45, 2.75) is 0 Å². The van der Waals surface area contributed by atoms with E-state index in [1.165, 1.54) is 21.9 Å². The Bertz CT molecular complexity index is 515. The van der Waals surface area contributed by atoms with Gasteiger partial charge in [-0.15, -0.1) is 0 Å². The summed E-state index contributed by atoms with van der Waals surface area (Å²) in [6.07, 6.45) is 2.19. The van der Waals surface area contributed by atoms with E-state index in [0.29, 0.717) is 0 Å². The van der Waals surface area contributed by atoms with E-state index < -0.39 is 0 Å². The summed E-state index contributed by atoms with van der Waals surface area (Å²) in [5.41, 5.74) is 2.61. The van der Waals surface area contributed by atoms with Gasteiger partial charge < -0.3 is 0 Å². The first kappa shape index (κ1) is 11.9. The van der Waals surface area contributed by atoms with E-state index in [9.17, 15) is 0 Å². The van der Waals surface area contributed by atoms with Crippen LogP contribution in [0.2, 0.25) is 0 Å².